The van der Waals surface area contributed by atoms with Crippen molar-refractivity contribution in [3.05, 3.63) is 69.1 Å². The molecule has 3 aromatic rings. The molecule has 0 aliphatic rings. The molecular formula is C18H12BrCl2N3OS. The molecule has 8 heteroatoms. The van der Waals surface area contributed by atoms with Gasteiger partial charge in [-0.1, -0.05) is 63.0 Å². The first-order valence-electron chi connectivity index (χ1n) is 7.48. The second kappa shape index (κ2) is 8.86. The van der Waals surface area contributed by atoms with Crippen molar-refractivity contribution in [2.45, 2.75) is 5.03 Å². The fraction of sp³-hybridized carbons (Fsp3) is 0.0556. The van der Waals surface area contributed by atoms with Crippen molar-refractivity contribution < 1.29 is 4.79 Å². The lowest BCUT2D eigenvalue weighted by atomic mass is 10.1. The molecule has 1 aromatic heterocycles. The second-order valence-electron chi connectivity index (χ2n) is 5.23. The molecule has 0 fully saturated rings. The minimum atomic E-state index is -0.160. The summed E-state index contributed by atoms with van der Waals surface area (Å²) in [5, 5.41) is 12.7. The monoisotopic (exact) mass is 467 g/mol. The summed E-state index contributed by atoms with van der Waals surface area (Å²) in [6.07, 6.45) is 0. The molecular weight excluding hydrogens is 457 g/mol. The number of rotatable bonds is 5. The second-order valence-corrected chi connectivity index (χ2v) is 7.96. The standard InChI is InChI=1S/C18H12BrCl2N3OS/c19-12-3-1-11(2-4-12)16-7-8-18(24-23-16)26-10-17(25)22-13-5-6-14(20)15(21)9-13/h1-9H,10H2,(H,22,25). The summed E-state index contributed by atoms with van der Waals surface area (Å²) in [5.41, 5.74) is 2.36. The number of benzene rings is 2. The number of amides is 1. The van der Waals surface area contributed by atoms with Gasteiger partial charge in [0, 0.05) is 15.7 Å². The fourth-order valence-corrected chi connectivity index (χ4v) is 3.26. The molecule has 3 rings (SSSR count). The quantitative estimate of drug-likeness (QED) is 0.470. The Kier molecular flexibility index (Phi) is 6.53. The van der Waals surface area contributed by atoms with Crippen molar-refractivity contribution in [1.29, 1.82) is 0 Å². The van der Waals surface area contributed by atoms with Crippen LogP contribution < -0.4 is 5.32 Å². The number of halogens is 3. The van der Waals surface area contributed by atoms with Crippen LogP contribution in [0.15, 0.2) is 64.1 Å². The molecule has 26 heavy (non-hydrogen) atoms. The Morgan fingerprint density at radius 2 is 1.77 bits per heavy atom. The summed E-state index contributed by atoms with van der Waals surface area (Å²) >= 11 is 16.5. The number of nitrogens with one attached hydrogen (secondary N) is 1. The van der Waals surface area contributed by atoms with E-state index in [4.69, 9.17) is 23.2 Å². The van der Waals surface area contributed by atoms with E-state index < -0.39 is 0 Å². The molecule has 0 aliphatic heterocycles. The van der Waals surface area contributed by atoms with E-state index in [1.54, 1.807) is 18.2 Å². The van der Waals surface area contributed by atoms with Gasteiger partial charge in [-0.25, -0.2) is 0 Å². The predicted octanol–water partition coefficient (Wildman–Crippen LogP) is 5.94. The smallest absolute Gasteiger partial charge is 0.234 e. The molecule has 1 amide bonds. The van der Waals surface area contributed by atoms with E-state index in [0.29, 0.717) is 20.8 Å². The number of carbonyl (C=O) groups excluding carboxylic acids is 1. The summed E-state index contributed by atoms with van der Waals surface area (Å²) < 4.78 is 1.01. The predicted molar refractivity (Wildman–Crippen MR) is 111 cm³/mol. The summed E-state index contributed by atoms with van der Waals surface area (Å²) in [6.45, 7) is 0. The zero-order valence-corrected chi connectivity index (χ0v) is 17.2. The van der Waals surface area contributed by atoms with Gasteiger partial charge >= 0.3 is 0 Å². The first-order chi connectivity index (χ1) is 12.5. The van der Waals surface area contributed by atoms with Crippen LogP contribution in [0.25, 0.3) is 11.3 Å². The van der Waals surface area contributed by atoms with E-state index in [9.17, 15) is 4.79 Å². The first kappa shape index (κ1) is 19.2. The number of hydrogen-bond donors (Lipinski definition) is 1. The normalized spacial score (nSPS) is 10.6. The molecule has 4 nitrogen and oxygen atoms in total. The van der Waals surface area contributed by atoms with Gasteiger partial charge in [-0.05, 0) is 42.5 Å². The van der Waals surface area contributed by atoms with Crippen LogP contribution in [0, 0.1) is 0 Å². The lowest BCUT2D eigenvalue weighted by molar-refractivity contribution is -0.113. The van der Waals surface area contributed by atoms with Crippen LogP contribution in [-0.2, 0) is 4.79 Å². The van der Waals surface area contributed by atoms with Gasteiger partial charge in [-0.3, -0.25) is 4.79 Å². The van der Waals surface area contributed by atoms with Crippen molar-refractivity contribution in [3.8, 4) is 11.3 Å². The van der Waals surface area contributed by atoms with Crippen LogP contribution in [0.4, 0.5) is 5.69 Å². The Morgan fingerprint density at radius 3 is 2.42 bits per heavy atom. The highest BCUT2D eigenvalue weighted by Gasteiger charge is 2.07. The maximum absolute atomic E-state index is 12.0. The highest BCUT2D eigenvalue weighted by molar-refractivity contribution is 9.10. The van der Waals surface area contributed by atoms with Gasteiger partial charge in [0.05, 0.1) is 21.5 Å². The van der Waals surface area contributed by atoms with Gasteiger partial charge in [-0.2, -0.15) is 0 Å². The lowest BCUT2D eigenvalue weighted by Gasteiger charge is -2.06. The van der Waals surface area contributed by atoms with Crippen molar-refractivity contribution in [1.82, 2.24) is 10.2 Å². The molecule has 0 radical (unpaired) electrons. The Labute approximate surface area is 173 Å². The Bertz CT molecular complexity index is 921. The van der Waals surface area contributed by atoms with Crippen molar-refractivity contribution in [3.63, 3.8) is 0 Å². The molecule has 2 aromatic carbocycles. The third-order valence-electron chi connectivity index (χ3n) is 3.33. The molecule has 0 aliphatic carbocycles. The molecule has 0 unspecified atom stereocenters. The summed E-state index contributed by atoms with van der Waals surface area (Å²) in [5.74, 6) is 0.0548. The number of hydrogen-bond acceptors (Lipinski definition) is 4. The van der Waals surface area contributed by atoms with Gasteiger partial charge in [0.2, 0.25) is 5.91 Å². The van der Waals surface area contributed by atoms with E-state index in [0.717, 1.165) is 15.7 Å². The molecule has 0 saturated heterocycles. The lowest BCUT2D eigenvalue weighted by Crippen LogP contribution is -2.14. The minimum absolute atomic E-state index is 0.160. The van der Waals surface area contributed by atoms with Crippen molar-refractivity contribution in [2.24, 2.45) is 0 Å². The van der Waals surface area contributed by atoms with Crippen molar-refractivity contribution >= 4 is 62.5 Å². The summed E-state index contributed by atoms with van der Waals surface area (Å²) in [7, 11) is 0. The molecule has 0 saturated carbocycles. The highest BCUT2D eigenvalue weighted by atomic mass is 79.9. The van der Waals surface area contributed by atoms with E-state index in [-0.39, 0.29) is 11.7 Å². The van der Waals surface area contributed by atoms with E-state index in [2.05, 4.69) is 31.4 Å². The number of thioether (sulfide) groups is 1. The van der Waals surface area contributed by atoms with Gasteiger partial charge in [0.25, 0.3) is 0 Å². The molecule has 0 bridgehead atoms. The molecule has 1 N–H and O–H groups in total. The zero-order chi connectivity index (χ0) is 18.5. The minimum Gasteiger partial charge on any atom is -0.325 e. The number of anilines is 1. The summed E-state index contributed by atoms with van der Waals surface area (Å²) in [4.78, 5) is 12.0. The fourth-order valence-electron chi connectivity index (χ4n) is 2.08. The Morgan fingerprint density at radius 1 is 1.00 bits per heavy atom. The first-order valence-corrected chi connectivity index (χ1v) is 10.0. The topological polar surface area (TPSA) is 54.9 Å². The van der Waals surface area contributed by atoms with Gasteiger partial charge in [-0.15, -0.1) is 10.2 Å². The maximum atomic E-state index is 12.0. The van der Waals surface area contributed by atoms with Crippen LogP contribution in [0.5, 0.6) is 0 Å². The van der Waals surface area contributed by atoms with Gasteiger partial charge in [0.15, 0.2) is 0 Å². The SMILES string of the molecule is O=C(CSc1ccc(-c2ccc(Br)cc2)nn1)Nc1ccc(Cl)c(Cl)c1. The zero-order valence-electron chi connectivity index (χ0n) is 13.2. The number of aromatic nitrogens is 2. The average molecular weight is 469 g/mol. The summed E-state index contributed by atoms with van der Waals surface area (Å²) in [6, 6.07) is 16.5. The molecule has 0 atom stereocenters. The van der Waals surface area contributed by atoms with E-state index in [1.807, 2.05) is 36.4 Å². The van der Waals surface area contributed by atoms with Crippen molar-refractivity contribution in [2.75, 3.05) is 11.1 Å². The Hall–Kier alpha value is -1.60. The molecule has 132 valence electrons. The van der Waals surface area contributed by atoms with Gasteiger partial charge < -0.3 is 5.32 Å². The average Bonchev–Trinajstić information content (AvgIpc) is 2.64. The van der Waals surface area contributed by atoms with E-state index in [1.165, 1.54) is 11.8 Å². The molecule has 0 spiro atoms. The maximum Gasteiger partial charge on any atom is 0.234 e. The Balaban J connectivity index is 1.56. The number of nitrogens with zero attached hydrogens (tertiary/aromatic N) is 2. The molecule has 1 heterocycles. The van der Waals surface area contributed by atoms with Crippen LogP contribution in [-0.4, -0.2) is 21.9 Å². The number of carbonyl (C=O) groups is 1. The van der Waals surface area contributed by atoms with Gasteiger partial charge in [0.1, 0.15) is 5.03 Å². The van der Waals surface area contributed by atoms with Crippen LogP contribution in [0.2, 0.25) is 10.0 Å². The third kappa shape index (κ3) is 5.20. The van der Waals surface area contributed by atoms with Crippen LogP contribution >= 0.6 is 50.9 Å². The highest BCUT2D eigenvalue weighted by Crippen LogP contribution is 2.25. The third-order valence-corrected chi connectivity index (χ3v) is 5.52. The van der Waals surface area contributed by atoms with Crippen LogP contribution in [0.3, 0.4) is 0 Å². The van der Waals surface area contributed by atoms with Crippen LogP contribution in [0.1, 0.15) is 0 Å². The van der Waals surface area contributed by atoms with E-state index >= 15 is 0 Å². The largest absolute Gasteiger partial charge is 0.325 e.